The Hall–Kier alpha value is -1.61. The Morgan fingerprint density at radius 3 is 2.81 bits per heavy atom. The molecule has 3 nitrogen and oxygen atoms in total. The van der Waals surface area contributed by atoms with Gasteiger partial charge in [0.2, 0.25) is 0 Å². The Kier molecular flexibility index (Phi) is 3.37. The number of pyridine rings is 1. The van der Waals surface area contributed by atoms with E-state index in [2.05, 4.69) is 40.4 Å². The number of hydrogen-bond donors (Lipinski definition) is 1. The Labute approximate surface area is 96.1 Å². The number of para-hydroxylation sites is 1. The van der Waals surface area contributed by atoms with Crippen LogP contribution in [0, 0.1) is 0 Å². The molecule has 0 saturated heterocycles. The molecule has 1 aromatic heterocycles. The van der Waals surface area contributed by atoms with Gasteiger partial charge in [0.25, 0.3) is 0 Å². The van der Waals surface area contributed by atoms with E-state index in [1.807, 2.05) is 25.2 Å². The van der Waals surface area contributed by atoms with Crippen molar-refractivity contribution in [2.45, 2.75) is 0 Å². The molecule has 0 radical (unpaired) electrons. The third-order valence-electron chi connectivity index (χ3n) is 2.67. The Balaban J connectivity index is 2.25. The number of fused-ring (bicyclic) bond motifs is 1. The Morgan fingerprint density at radius 2 is 2.00 bits per heavy atom. The highest BCUT2D eigenvalue weighted by atomic mass is 15.2. The van der Waals surface area contributed by atoms with E-state index in [9.17, 15) is 0 Å². The largest absolute Gasteiger partial charge is 0.358 e. The van der Waals surface area contributed by atoms with Gasteiger partial charge in [0, 0.05) is 25.5 Å². The zero-order chi connectivity index (χ0) is 11.4. The van der Waals surface area contributed by atoms with Crippen LogP contribution >= 0.6 is 0 Å². The molecule has 0 saturated carbocycles. The van der Waals surface area contributed by atoms with E-state index in [0.29, 0.717) is 0 Å². The zero-order valence-corrected chi connectivity index (χ0v) is 9.77. The summed E-state index contributed by atoms with van der Waals surface area (Å²) >= 11 is 0. The van der Waals surface area contributed by atoms with Gasteiger partial charge in [-0.3, -0.25) is 0 Å². The number of nitrogens with one attached hydrogen (secondary N) is 1. The average molecular weight is 215 g/mol. The van der Waals surface area contributed by atoms with Crippen LogP contribution in [-0.2, 0) is 0 Å². The number of likely N-dealkylation sites (N-methyl/N-ethyl adjacent to an activating group) is 2. The molecule has 84 valence electrons. The lowest BCUT2D eigenvalue weighted by Crippen LogP contribution is -2.27. The first-order valence-corrected chi connectivity index (χ1v) is 5.53. The molecule has 0 bridgehead atoms. The van der Waals surface area contributed by atoms with Gasteiger partial charge in [-0.05, 0) is 25.2 Å². The van der Waals surface area contributed by atoms with Crippen molar-refractivity contribution in [1.82, 2.24) is 10.3 Å². The number of hydrogen-bond acceptors (Lipinski definition) is 3. The van der Waals surface area contributed by atoms with Crippen LogP contribution in [-0.4, -0.2) is 32.2 Å². The number of benzene rings is 1. The minimum Gasteiger partial charge on any atom is -0.358 e. The van der Waals surface area contributed by atoms with Crippen molar-refractivity contribution in [2.24, 2.45) is 0 Å². The SMILES string of the molecule is CNCCN(C)c1ccc2ccccc2n1. The summed E-state index contributed by atoms with van der Waals surface area (Å²) in [6.45, 7) is 1.92. The van der Waals surface area contributed by atoms with Crippen molar-refractivity contribution in [1.29, 1.82) is 0 Å². The number of aromatic nitrogens is 1. The van der Waals surface area contributed by atoms with E-state index in [-0.39, 0.29) is 0 Å². The molecule has 2 rings (SSSR count). The molecule has 1 heterocycles. The summed E-state index contributed by atoms with van der Waals surface area (Å²) in [7, 11) is 4.02. The van der Waals surface area contributed by atoms with E-state index in [4.69, 9.17) is 0 Å². The first-order chi connectivity index (χ1) is 7.81. The van der Waals surface area contributed by atoms with E-state index in [1.54, 1.807) is 0 Å². The molecule has 0 aliphatic heterocycles. The molecular formula is C13H17N3. The van der Waals surface area contributed by atoms with E-state index in [0.717, 1.165) is 24.4 Å². The molecule has 0 aliphatic rings. The lowest BCUT2D eigenvalue weighted by atomic mass is 10.2. The maximum absolute atomic E-state index is 4.63. The minimum atomic E-state index is 0.960. The summed E-state index contributed by atoms with van der Waals surface area (Å²) < 4.78 is 0. The predicted molar refractivity (Wildman–Crippen MR) is 68.9 cm³/mol. The van der Waals surface area contributed by atoms with Gasteiger partial charge in [0.05, 0.1) is 5.52 Å². The summed E-state index contributed by atoms with van der Waals surface area (Å²) in [5.41, 5.74) is 1.05. The molecule has 1 aromatic carbocycles. The average Bonchev–Trinajstić information content (AvgIpc) is 2.35. The molecule has 3 heteroatoms. The Bertz CT molecular complexity index is 467. The van der Waals surface area contributed by atoms with Gasteiger partial charge in [-0.2, -0.15) is 0 Å². The van der Waals surface area contributed by atoms with Gasteiger partial charge in [-0.25, -0.2) is 4.98 Å². The molecular weight excluding hydrogens is 198 g/mol. The number of anilines is 1. The van der Waals surface area contributed by atoms with Crippen molar-refractivity contribution in [3.05, 3.63) is 36.4 Å². The zero-order valence-electron chi connectivity index (χ0n) is 9.77. The van der Waals surface area contributed by atoms with Crippen LogP contribution in [0.15, 0.2) is 36.4 Å². The van der Waals surface area contributed by atoms with Crippen LogP contribution in [0.3, 0.4) is 0 Å². The molecule has 0 unspecified atom stereocenters. The lowest BCUT2D eigenvalue weighted by molar-refractivity contribution is 0.762. The summed E-state index contributed by atoms with van der Waals surface area (Å²) in [6, 6.07) is 12.4. The second kappa shape index (κ2) is 4.94. The Morgan fingerprint density at radius 1 is 1.19 bits per heavy atom. The van der Waals surface area contributed by atoms with Gasteiger partial charge < -0.3 is 10.2 Å². The van der Waals surface area contributed by atoms with Crippen LogP contribution in [0.5, 0.6) is 0 Å². The van der Waals surface area contributed by atoms with Crippen molar-refractivity contribution < 1.29 is 0 Å². The normalized spacial score (nSPS) is 10.6. The van der Waals surface area contributed by atoms with E-state index < -0.39 is 0 Å². The first kappa shape index (κ1) is 10.9. The molecule has 16 heavy (non-hydrogen) atoms. The molecule has 1 N–H and O–H groups in total. The van der Waals surface area contributed by atoms with Gasteiger partial charge in [-0.15, -0.1) is 0 Å². The van der Waals surface area contributed by atoms with Gasteiger partial charge in [-0.1, -0.05) is 18.2 Å². The van der Waals surface area contributed by atoms with E-state index >= 15 is 0 Å². The van der Waals surface area contributed by atoms with Crippen molar-refractivity contribution in [2.75, 3.05) is 32.1 Å². The summed E-state index contributed by atoms with van der Waals surface area (Å²) in [5.74, 6) is 1.02. The van der Waals surface area contributed by atoms with E-state index in [1.165, 1.54) is 5.39 Å². The number of rotatable bonds is 4. The summed E-state index contributed by atoms with van der Waals surface area (Å²) in [4.78, 5) is 6.78. The molecule has 2 aromatic rings. The number of nitrogens with zero attached hydrogens (tertiary/aromatic N) is 2. The molecule has 0 fully saturated rings. The molecule has 0 spiro atoms. The van der Waals surface area contributed by atoms with Crippen LogP contribution < -0.4 is 10.2 Å². The van der Waals surface area contributed by atoms with Gasteiger partial charge in [0.1, 0.15) is 5.82 Å². The predicted octanol–water partition coefficient (Wildman–Crippen LogP) is 1.89. The first-order valence-electron chi connectivity index (χ1n) is 5.53. The van der Waals surface area contributed by atoms with Crippen LogP contribution in [0.4, 0.5) is 5.82 Å². The third-order valence-corrected chi connectivity index (χ3v) is 2.67. The summed E-state index contributed by atoms with van der Waals surface area (Å²) in [5, 5.41) is 4.32. The standard InChI is InChI=1S/C13H17N3/c1-14-9-10-16(2)13-8-7-11-5-3-4-6-12(11)15-13/h3-8,14H,9-10H2,1-2H3. The summed E-state index contributed by atoms with van der Waals surface area (Å²) in [6.07, 6.45) is 0. The maximum Gasteiger partial charge on any atom is 0.129 e. The second-order valence-corrected chi connectivity index (χ2v) is 3.89. The highest BCUT2D eigenvalue weighted by molar-refractivity contribution is 5.80. The maximum atomic E-state index is 4.63. The fourth-order valence-electron chi connectivity index (χ4n) is 1.66. The van der Waals surface area contributed by atoms with Crippen LogP contribution in [0.25, 0.3) is 10.9 Å². The molecule has 0 aliphatic carbocycles. The monoisotopic (exact) mass is 215 g/mol. The third kappa shape index (κ3) is 2.31. The quantitative estimate of drug-likeness (QED) is 0.844. The fourth-order valence-corrected chi connectivity index (χ4v) is 1.66. The smallest absolute Gasteiger partial charge is 0.129 e. The van der Waals surface area contributed by atoms with Crippen LogP contribution in [0.2, 0.25) is 0 Å². The molecule has 0 atom stereocenters. The highest BCUT2D eigenvalue weighted by Gasteiger charge is 2.02. The lowest BCUT2D eigenvalue weighted by Gasteiger charge is -2.18. The highest BCUT2D eigenvalue weighted by Crippen LogP contribution is 2.16. The van der Waals surface area contributed by atoms with Gasteiger partial charge >= 0.3 is 0 Å². The molecule has 0 amide bonds. The van der Waals surface area contributed by atoms with Crippen molar-refractivity contribution in [3.63, 3.8) is 0 Å². The second-order valence-electron chi connectivity index (χ2n) is 3.89. The van der Waals surface area contributed by atoms with Crippen molar-refractivity contribution >= 4 is 16.7 Å². The van der Waals surface area contributed by atoms with Crippen LogP contribution in [0.1, 0.15) is 0 Å². The minimum absolute atomic E-state index is 0.960. The van der Waals surface area contributed by atoms with Crippen molar-refractivity contribution in [3.8, 4) is 0 Å². The topological polar surface area (TPSA) is 28.2 Å². The fraction of sp³-hybridized carbons (Fsp3) is 0.308. The van der Waals surface area contributed by atoms with Gasteiger partial charge in [0.15, 0.2) is 0 Å².